The van der Waals surface area contributed by atoms with Crippen molar-refractivity contribution in [3.8, 4) is 11.5 Å². The number of ether oxygens (including phenoxy) is 2. The van der Waals surface area contributed by atoms with E-state index in [4.69, 9.17) is 19.7 Å². The van der Waals surface area contributed by atoms with Gasteiger partial charge in [-0.1, -0.05) is 32.1 Å². The van der Waals surface area contributed by atoms with Crippen LogP contribution in [0.15, 0.2) is 42.0 Å². The van der Waals surface area contributed by atoms with Gasteiger partial charge in [-0.2, -0.15) is 0 Å². The molecule has 4 rings (SSSR count). The number of rotatable bonds is 5. The van der Waals surface area contributed by atoms with Gasteiger partial charge in [0.1, 0.15) is 12.7 Å². The minimum absolute atomic E-state index is 0.0280. The SMILES string of the molecule is C=C1CCC2[C@](C)(CC[C@H](O)[C@]2(C)CO)[C@H]1C/C=C1/C(=O)OC[C@@H]1O.COc1cc(C(=O)O)ccc1O. The minimum atomic E-state index is -1.05. The Labute approximate surface area is 217 Å². The molecule has 9 nitrogen and oxygen atoms in total. The van der Waals surface area contributed by atoms with E-state index in [1.807, 2.05) is 13.0 Å². The zero-order valence-electron chi connectivity index (χ0n) is 21.6. The van der Waals surface area contributed by atoms with Crippen LogP contribution in [0.3, 0.4) is 0 Å². The average molecular weight is 519 g/mol. The molecule has 1 aromatic rings. The molecule has 0 bridgehead atoms. The number of cyclic esters (lactones) is 1. The van der Waals surface area contributed by atoms with E-state index in [1.165, 1.54) is 25.3 Å². The number of hydrogen-bond acceptors (Lipinski definition) is 8. The summed E-state index contributed by atoms with van der Waals surface area (Å²) in [6.07, 6.45) is 4.42. The highest BCUT2D eigenvalue weighted by molar-refractivity contribution is 5.91. The molecule has 0 aromatic heterocycles. The molecule has 1 heterocycles. The summed E-state index contributed by atoms with van der Waals surface area (Å²) in [6, 6.07) is 3.85. The molecule has 3 aliphatic rings. The zero-order chi connectivity index (χ0) is 27.5. The van der Waals surface area contributed by atoms with E-state index in [2.05, 4.69) is 13.5 Å². The first-order chi connectivity index (χ1) is 17.4. The van der Waals surface area contributed by atoms with E-state index in [-0.39, 0.29) is 47.5 Å². The van der Waals surface area contributed by atoms with Gasteiger partial charge in [-0.3, -0.25) is 0 Å². The number of esters is 1. The summed E-state index contributed by atoms with van der Waals surface area (Å²) in [5.41, 5.74) is 0.999. The molecular weight excluding hydrogens is 480 g/mol. The lowest BCUT2D eigenvalue weighted by Gasteiger charge is -2.59. The van der Waals surface area contributed by atoms with Crippen LogP contribution in [0.2, 0.25) is 0 Å². The van der Waals surface area contributed by atoms with Crippen LogP contribution in [0, 0.1) is 22.7 Å². The van der Waals surface area contributed by atoms with Crippen LogP contribution >= 0.6 is 0 Å². The van der Waals surface area contributed by atoms with Crippen LogP contribution in [-0.2, 0) is 9.53 Å². The Hall–Kier alpha value is -2.88. The van der Waals surface area contributed by atoms with Gasteiger partial charge in [-0.05, 0) is 67.6 Å². The molecule has 3 fully saturated rings. The molecule has 1 saturated heterocycles. The highest BCUT2D eigenvalue weighted by Crippen LogP contribution is 2.61. The van der Waals surface area contributed by atoms with Crippen molar-refractivity contribution in [3.63, 3.8) is 0 Å². The zero-order valence-corrected chi connectivity index (χ0v) is 21.6. The van der Waals surface area contributed by atoms with E-state index in [1.54, 1.807) is 0 Å². The second-order valence-corrected chi connectivity index (χ2v) is 10.7. The van der Waals surface area contributed by atoms with Crippen molar-refractivity contribution in [1.29, 1.82) is 0 Å². The van der Waals surface area contributed by atoms with Crippen molar-refractivity contribution in [2.45, 2.75) is 58.2 Å². The number of phenolic OH excluding ortho intramolecular Hbond substituents is 1. The summed E-state index contributed by atoms with van der Waals surface area (Å²) in [5, 5.41) is 48.1. The Balaban J connectivity index is 0.000000266. The number of phenols is 1. The van der Waals surface area contributed by atoms with Gasteiger partial charge in [-0.15, -0.1) is 0 Å². The number of carboxylic acid groups (broad SMARTS) is 1. The third-order valence-electron chi connectivity index (χ3n) is 8.66. The predicted molar refractivity (Wildman–Crippen MR) is 135 cm³/mol. The van der Waals surface area contributed by atoms with Gasteiger partial charge in [0.25, 0.3) is 0 Å². The van der Waals surface area contributed by atoms with Gasteiger partial charge in [0.2, 0.25) is 0 Å². The van der Waals surface area contributed by atoms with Crippen LogP contribution < -0.4 is 4.74 Å². The quantitative estimate of drug-likeness (QED) is 0.225. The Bertz CT molecular complexity index is 1060. The van der Waals surface area contributed by atoms with Crippen molar-refractivity contribution >= 4 is 11.9 Å². The minimum Gasteiger partial charge on any atom is -0.504 e. The lowest BCUT2D eigenvalue weighted by molar-refractivity contribution is -0.151. The number of hydrogen-bond donors (Lipinski definition) is 5. The number of allylic oxidation sites excluding steroid dienone is 2. The molecule has 0 radical (unpaired) electrons. The van der Waals surface area contributed by atoms with E-state index in [0.29, 0.717) is 18.4 Å². The first kappa shape index (κ1) is 28.7. The van der Waals surface area contributed by atoms with E-state index in [0.717, 1.165) is 24.8 Å². The molecule has 1 unspecified atom stereocenters. The maximum absolute atomic E-state index is 11.8. The molecular formula is C28H38O9. The van der Waals surface area contributed by atoms with Crippen LogP contribution in [0.1, 0.15) is 56.3 Å². The van der Waals surface area contributed by atoms with Gasteiger partial charge in [0.15, 0.2) is 11.5 Å². The van der Waals surface area contributed by atoms with Crippen LogP contribution in [-0.4, -0.2) is 70.0 Å². The number of carboxylic acids is 1. The monoisotopic (exact) mass is 518 g/mol. The van der Waals surface area contributed by atoms with Crippen LogP contribution in [0.5, 0.6) is 11.5 Å². The highest BCUT2D eigenvalue weighted by Gasteiger charge is 2.57. The lowest BCUT2D eigenvalue weighted by atomic mass is 9.46. The Morgan fingerprint density at radius 2 is 1.97 bits per heavy atom. The molecule has 204 valence electrons. The summed E-state index contributed by atoms with van der Waals surface area (Å²) in [7, 11) is 1.36. The number of aliphatic hydroxyl groups is 3. The van der Waals surface area contributed by atoms with Crippen molar-refractivity contribution < 1.29 is 44.6 Å². The fraction of sp³-hybridized carbons (Fsp3) is 0.571. The van der Waals surface area contributed by atoms with Gasteiger partial charge >= 0.3 is 11.9 Å². The molecule has 37 heavy (non-hydrogen) atoms. The second kappa shape index (κ2) is 11.2. The molecule has 2 saturated carbocycles. The standard InChI is InChI=1S/C20H30O5.C8H8O4/c1-12-4-7-16-19(2,9-8-17(23)20(16,3)11-21)14(12)6-5-13-15(22)10-25-18(13)24;1-12-7-4-5(8(10)11)2-3-6(7)9/h5,14-17,21-23H,1,4,6-11H2,2-3H3;2-4,9H,1H3,(H,10,11)/b13-5+;/t14-,15-,16?,17-,19+,20+;/m0./s1. The summed E-state index contributed by atoms with van der Waals surface area (Å²) >= 11 is 0. The number of fused-ring (bicyclic) bond motifs is 1. The Morgan fingerprint density at radius 3 is 2.54 bits per heavy atom. The normalized spacial score (nSPS) is 34.3. The summed E-state index contributed by atoms with van der Waals surface area (Å²) < 4.78 is 9.62. The van der Waals surface area contributed by atoms with Crippen molar-refractivity contribution in [2.75, 3.05) is 20.3 Å². The number of aliphatic hydroxyl groups excluding tert-OH is 3. The van der Waals surface area contributed by atoms with Gasteiger partial charge in [-0.25, -0.2) is 9.59 Å². The maximum atomic E-state index is 11.8. The Morgan fingerprint density at radius 1 is 1.27 bits per heavy atom. The number of carbonyl (C=O) groups is 2. The van der Waals surface area contributed by atoms with E-state index in [9.17, 15) is 24.9 Å². The van der Waals surface area contributed by atoms with Crippen molar-refractivity contribution in [2.24, 2.45) is 22.7 Å². The third kappa shape index (κ3) is 5.54. The summed E-state index contributed by atoms with van der Waals surface area (Å²) in [6.45, 7) is 8.50. The molecule has 2 aliphatic carbocycles. The lowest BCUT2D eigenvalue weighted by Crippen LogP contribution is -2.57. The van der Waals surface area contributed by atoms with Crippen LogP contribution in [0.4, 0.5) is 0 Å². The first-order valence-corrected chi connectivity index (χ1v) is 12.5. The number of aromatic carboxylic acids is 1. The first-order valence-electron chi connectivity index (χ1n) is 12.5. The largest absolute Gasteiger partial charge is 0.504 e. The summed E-state index contributed by atoms with van der Waals surface area (Å²) in [5.74, 6) is -1.03. The predicted octanol–water partition coefficient (Wildman–Crippen LogP) is 3.06. The van der Waals surface area contributed by atoms with E-state index < -0.39 is 29.6 Å². The second-order valence-electron chi connectivity index (χ2n) is 10.7. The maximum Gasteiger partial charge on any atom is 0.336 e. The van der Waals surface area contributed by atoms with Gasteiger partial charge < -0.3 is 35.0 Å². The molecule has 9 heteroatoms. The van der Waals surface area contributed by atoms with Gasteiger partial charge in [0.05, 0.1) is 31.0 Å². The number of benzene rings is 1. The third-order valence-corrected chi connectivity index (χ3v) is 8.66. The van der Waals surface area contributed by atoms with Crippen molar-refractivity contribution in [3.05, 3.63) is 47.6 Å². The molecule has 0 amide bonds. The fourth-order valence-corrected chi connectivity index (χ4v) is 6.37. The summed E-state index contributed by atoms with van der Waals surface area (Å²) in [4.78, 5) is 22.2. The smallest absolute Gasteiger partial charge is 0.336 e. The Kier molecular flexibility index (Phi) is 8.72. The van der Waals surface area contributed by atoms with Gasteiger partial charge in [0, 0.05) is 5.41 Å². The molecule has 1 aromatic carbocycles. The van der Waals surface area contributed by atoms with E-state index >= 15 is 0 Å². The van der Waals surface area contributed by atoms with Crippen LogP contribution in [0.25, 0.3) is 0 Å². The fourth-order valence-electron chi connectivity index (χ4n) is 6.37. The molecule has 5 N–H and O–H groups in total. The molecule has 0 spiro atoms. The number of carbonyl (C=O) groups excluding carboxylic acids is 1. The van der Waals surface area contributed by atoms with Crippen molar-refractivity contribution in [1.82, 2.24) is 0 Å². The number of methoxy groups -OCH3 is 1. The molecule has 1 aliphatic heterocycles. The topological polar surface area (TPSA) is 154 Å². The average Bonchev–Trinajstić information content (AvgIpc) is 3.18. The number of aromatic hydroxyl groups is 1. The molecule has 6 atom stereocenters. The highest BCUT2D eigenvalue weighted by atomic mass is 16.6.